The third kappa shape index (κ3) is 2.28. The fourth-order valence-electron chi connectivity index (χ4n) is 1.97. The molecule has 17 heavy (non-hydrogen) atoms. The molecule has 0 fully saturated rings. The van der Waals surface area contributed by atoms with Crippen molar-refractivity contribution in [3.63, 3.8) is 0 Å². The quantitative estimate of drug-likeness (QED) is 0.631. The van der Waals surface area contributed by atoms with Crippen LogP contribution in [0.25, 0.3) is 0 Å². The van der Waals surface area contributed by atoms with E-state index in [0.717, 1.165) is 24.3 Å². The van der Waals surface area contributed by atoms with E-state index in [9.17, 15) is 4.79 Å². The summed E-state index contributed by atoms with van der Waals surface area (Å²) in [7, 11) is 0. The highest BCUT2D eigenvalue weighted by Crippen LogP contribution is 2.30. The summed E-state index contributed by atoms with van der Waals surface area (Å²) in [4.78, 5) is 13.2. The molecule has 1 amide bonds. The molecule has 0 bridgehead atoms. The zero-order chi connectivity index (χ0) is 12.3. The zero-order valence-corrected chi connectivity index (χ0v) is 9.44. The van der Waals surface area contributed by atoms with Gasteiger partial charge in [-0.3, -0.25) is 4.79 Å². The summed E-state index contributed by atoms with van der Waals surface area (Å²) < 4.78 is 0. The van der Waals surface area contributed by atoms with Crippen molar-refractivity contribution in [2.24, 2.45) is 0 Å². The summed E-state index contributed by atoms with van der Waals surface area (Å²) in [5, 5.41) is 11.4. The van der Waals surface area contributed by atoms with Crippen molar-refractivity contribution < 1.29 is 4.79 Å². The number of rotatable bonds is 3. The third-order valence-corrected chi connectivity index (χ3v) is 2.79. The van der Waals surface area contributed by atoms with Gasteiger partial charge in [0.05, 0.1) is 6.07 Å². The van der Waals surface area contributed by atoms with E-state index in [0.29, 0.717) is 6.54 Å². The van der Waals surface area contributed by atoms with Crippen LogP contribution in [0, 0.1) is 11.3 Å². The van der Waals surface area contributed by atoms with E-state index in [-0.39, 0.29) is 5.91 Å². The van der Waals surface area contributed by atoms with Gasteiger partial charge in [-0.05, 0) is 30.2 Å². The number of amides is 1. The highest BCUT2D eigenvalue weighted by atomic mass is 16.1. The number of fused-ring (bicyclic) bond motifs is 1. The summed E-state index contributed by atoms with van der Waals surface area (Å²) in [6.07, 6.45) is 2.19. The van der Waals surface area contributed by atoms with Crippen molar-refractivity contribution in [2.75, 3.05) is 23.3 Å². The SMILES string of the molecule is C=CC(=O)Nc1ccc2c(c1)N(CC#N)CC2. The minimum absolute atomic E-state index is 0.227. The minimum atomic E-state index is -0.227. The Kier molecular flexibility index (Phi) is 3.10. The second-order valence-electron chi connectivity index (χ2n) is 3.87. The smallest absolute Gasteiger partial charge is 0.247 e. The number of hydrogen-bond acceptors (Lipinski definition) is 3. The lowest BCUT2D eigenvalue weighted by Gasteiger charge is -2.15. The Hall–Kier alpha value is -2.28. The molecule has 1 N–H and O–H groups in total. The Balaban J connectivity index is 2.24. The van der Waals surface area contributed by atoms with Crippen LogP contribution in [0.1, 0.15) is 5.56 Å². The van der Waals surface area contributed by atoms with Crippen molar-refractivity contribution in [2.45, 2.75) is 6.42 Å². The van der Waals surface area contributed by atoms with Gasteiger partial charge in [0.25, 0.3) is 0 Å². The monoisotopic (exact) mass is 227 g/mol. The Bertz CT molecular complexity index is 502. The number of anilines is 2. The molecule has 4 heteroatoms. The number of benzene rings is 1. The standard InChI is InChI=1S/C13H13N3O/c1-2-13(17)15-11-4-3-10-5-7-16(8-6-14)12(10)9-11/h2-4,9H,1,5,7-8H2,(H,15,17). The Labute approximate surface area is 100 Å². The lowest BCUT2D eigenvalue weighted by Crippen LogP contribution is -2.20. The summed E-state index contributed by atoms with van der Waals surface area (Å²) in [5.74, 6) is -0.227. The van der Waals surface area contributed by atoms with E-state index in [2.05, 4.69) is 18.0 Å². The lowest BCUT2D eigenvalue weighted by atomic mass is 10.1. The van der Waals surface area contributed by atoms with Crippen LogP contribution in [-0.2, 0) is 11.2 Å². The molecule has 0 spiro atoms. The van der Waals surface area contributed by atoms with Crippen LogP contribution in [0.5, 0.6) is 0 Å². The van der Waals surface area contributed by atoms with Gasteiger partial charge in [0.1, 0.15) is 6.54 Å². The van der Waals surface area contributed by atoms with Crippen molar-refractivity contribution >= 4 is 17.3 Å². The number of nitrogens with zero attached hydrogens (tertiary/aromatic N) is 2. The summed E-state index contributed by atoms with van der Waals surface area (Å²) in [5.41, 5.74) is 2.99. The van der Waals surface area contributed by atoms with Gasteiger partial charge in [-0.15, -0.1) is 0 Å². The number of hydrogen-bond donors (Lipinski definition) is 1. The second-order valence-corrected chi connectivity index (χ2v) is 3.87. The van der Waals surface area contributed by atoms with Crippen molar-refractivity contribution in [3.8, 4) is 6.07 Å². The van der Waals surface area contributed by atoms with Gasteiger partial charge >= 0.3 is 0 Å². The van der Waals surface area contributed by atoms with Crippen LogP contribution >= 0.6 is 0 Å². The molecular formula is C13H13N3O. The first-order valence-electron chi connectivity index (χ1n) is 5.43. The molecule has 4 nitrogen and oxygen atoms in total. The van der Waals surface area contributed by atoms with Crippen LogP contribution in [0.15, 0.2) is 30.9 Å². The van der Waals surface area contributed by atoms with E-state index in [1.807, 2.05) is 23.1 Å². The molecule has 1 aliphatic rings. The zero-order valence-electron chi connectivity index (χ0n) is 9.44. The van der Waals surface area contributed by atoms with Gasteiger partial charge in [0.2, 0.25) is 5.91 Å². The second kappa shape index (κ2) is 4.71. The molecule has 0 unspecified atom stereocenters. The van der Waals surface area contributed by atoms with Crippen molar-refractivity contribution in [1.29, 1.82) is 5.26 Å². The molecule has 0 saturated heterocycles. The molecule has 0 aliphatic carbocycles. The third-order valence-electron chi connectivity index (χ3n) is 2.79. The Morgan fingerprint density at radius 1 is 1.65 bits per heavy atom. The maximum atomic E-state index is 11.2. The summed E-state index contributed by atoms with van der Waals surface area (Å²) in [6, 6.07) is 7.91. The molecule has 1 heterocycles. The first-order valence-corrected chi connectivity index (χ1v) is 5.43. The molecule has 0 radical (unpaired) electrons. The van der Waals surface area contributed by atoms with Crippen LogP contribution < -0.4 is 10.2 Å². The largest absolute Gasteiger partial charge is 0.358 e. The summed E-state index contributed by atoms with van der Waals surface area (Å²) >= 11 is 0. The molecule has 1 aliphatic heterocycles. The van der Waals surface area contributed by atoms with E-state index in [1.165, 1.54) is 11.6 Å². The molecule has 1 aromatic carbocycles. The van der Waals surface area contributed by atoms with Gasteiger partial charge in [-0.2, -0.15) is 5.26 Å². The normalized spacial score (nSPS) is 12.8. The van der Waals surface area contributed by atoms with Crippen molar-refractivity contribution in [3.05, 3.63) is 36.4 Å². The predicted octanol–water partition coefficient (Wildman–Crippen LogP) is 1.70. The van der Waals surface area contributed by atoms with Crippen LogP contribution in [0.2, 0.25) is 0 Å². The topological polar surface area (TPSA) is 56.1 Å². The van der Waals surface area contributed by atoms with E-state index < -0.39 is 0 Å². The fraction of sp³-hybridized carbons (Fsp3) is 0.231. The molecule has 0 saturated carbocycles. The first kappa shape index (κ1) is 11.2. The van der Waals surface area contributed by atoms with E-state index in [4.69, 9.17) is 5.26 Å². The summed E-state index contributed by atoms with van der Waals surface area (Å²) in [6.45, 7) is 4.65. The molecule has 0 atom stereocenters. The van der Waals surface area contributed by atoms with Gasteiger partial charge in [-0.1, -0.05) is 12.6 Å². The average Bonchev–Trinajstić information content (AvgIpc) is 2.73. The molecule has 0 aromatic heterocycles. The number of carbonyl (C=O) groups is 1. The van der Waals surface area contributed by atoms with Crippen LogP contribution in [-0.4, -0.2) is 19.0 Å². The Morgan fingerprint density at radius 2 is 2.47 bits per heavy atom. The molecule has 1 aromatic rings. The number of nitriles is 1. The van der Waals surface area contributed by atoms with E-state index in [1.54, 1.807) is 0 Å². The molecular weight excluding hydrogens is 214 g/mol. The van der Waals surface area contributed by atoms with Gasteiger partial charge in [-0.25, -0.2) is 0 Å². The molecule has 86 valence electrons. The lowest BCUT2D eigenvalue weighted by molar-refractivity contribution is -0.111. The highest BCUT2D eigenvalue weighted by Gasteiger charge is 2.18. The van der Waals surface area contributed by atoms with Crippen LogP contribution in [0.3, 0.4) is 0 Å². The van der Waals surface area contributed by atoms with Gasteiger partial charge in [0, 0.05) is 17.9 Å². The molecule has 2 rings (SSSR count). The maximum Gasteiger partial charge on any atom is 0.247 e. The number of carbonyl (C=O) groups excluding carboxylic acids is 1. The fourth-order valence-corrected chi connectivity index (χ4v) is 1.97. The first-order chi connectivity index (χ1) is 8.24. The van der Waals surface area contributed by atoms with Crippen LogP contribution in [0.4, 0.5) is 11.4 Å². The van der Waals surface area contributed by atoms with Gasteiger partial charge in [0.15, 0.2) is 0 Å². The highest BCUT2D eigenvalue weighted by molar-refractivity contribution is 5.99. The predicted molar refractivity (Wildman–Crippen MR) is 66.8 cm³/mol. The maximum absolute atomic E-state index is 11.2. The van der Waals surface area contributed by atoms with Crippen molar-refractivity contribution in [1.82, 2.24) is 0 Å². The average molecular weight is 227 g/mol. The minimum Gasteiger partial charge on any atom is -0.358 e. The number of nitrogens with one attached hydrogen (secondary N) is 1. The van der Waals surface area contributed by atoms with E-state index >= 15 is 0 Å². The Morgan fingerprint density at radius 3 is 3.18 bits per heavy atom. The van der Waals surface area contributed by atoms with Gasteiger partial charge < -0.3 is 10.2 Å².